The first kappa shape index (κ1) is 20.0. The number of rotatable bonds is 7. The summed E-state index contributed by atoms with van der Waals surface area (Å²) in [6.07, 6.45) is 2.81. The summed E-state index contributed by atoms with van der Waals surface area (Å²) in [7, 11) is 0. The van der Waals surface area contributed by atoms with Gasteiger partial charge in [-0.25, -0.2) is 0 Å². The predicted molar refractivity (Wildman–Crippen MR) is 113 cm³/mol. The van der Waals surface area contributed by atoms with Crippen LogP contribution in [0.15, 0.2) is 60.4 Å². The quantitative estimate of drug-likeness (QED) is 0.662. The number of allylic oxidation sites excluding steroid dienone is 1. The molecule has 0 spiro atoms. The summed E-state index contributed by atoms with van der Waals surface area (Å²) < 4.78 is 5.75. The van der Waals surface area contributed by atoms with Crippen molar-refractivity contribution >= 4 is 23.2 Å². The Morgan fingerprint density at radius 2 is 2.07 bits per heavy atom. The van der Waals surface area contributed by atoms with Gasteiger partial charge < -0.3 is 21.1 Å². The number of nitrogens with two attached hydrogens (primary N) is 1. The average Bonchev–Trinajstić information content (AvgIpc) is 3.09. The minimum absolute atomic E-state index is 0.0327. The maximum absolute atomic E-state index is 12.3. The molecule has 0 saturated carbocycles. The second-order valence-electron chi connectivity index (χ2n) is 6.91. The van der Waals surface area contributed by atoms with E-state index in [4.69, 9.17) is 22.1 Å². The molecule has 148 valence electrons. The van der Waals surface area contributed by atoms with Crippen molar-refractivity contribution in [3.05, 3.63) is 65.5 Å². The molecule has 1 atom stereocenters. The van der Waals surface area contributed by atoms with Crippen LogP contribution < -0.4 is 21.1 Å². The third-order valence-corrected chi connectivity index (χ3v) is 4.59. The Morgan fingerprint density at radius 1 is 1.29 bits per heavy atom. The molecule has 6 nitrogen and oxygen atoms in total. The smallest absolute Gasteiger partial charge is 0.238 e. The molecule has 1 unspecified atom stereocenters. The molecule has 1 saturated heterocycles. The Balaban J connectivity index is 1.46. The predicted octanol–water partition coefficient (Wildman–Crippen LogP) is 3.55. The highest BCUT2D eigenvalue weighted by atomic mass is 35.5. The fourth-order valence-corrected chi connectivity index (χ4v) is 3.22. The zero-order chi connectivity index (χ0) is 19.9. The molecule has 1 heterocycles. The van der Waals surface area contributed by atoms with Crippen LogP contribution in [0.2, 0.25) is 5.02 Å². The monoisotopic (exact) mass is 400 g/mol. The van der Waals surface area contributed by atoms with Crippen LogP contribution in [0.25, 0.3) is 0 Å². The summed E-state index contributed by atoms with van der Waals surface area (Å²) >= 11 is 5.96. The van der Waals surface area contributed by atoms with Gasteiger partial charge in [0, 0.05) is 41.7 Å². The number of hydrogen-bond donors (Lipinski definition) is 3. The molecule has 1 aliphatic rings. The summed E-state index contributed by atoms with van der Waals surface area (Å²) in [5.74, 6) is 1.31. The Kier molecular flexibility index (Phi) is 6.79. The van der Waals surface area contributed by atoms with Crippen molar-refractivity contribution in [1.29, 1.82) is 0 Å². The van der Waals surface area contributed by atoms with Crippen molar-refractivity contribution in [3.8, 4) is 11.5 Å². The molecule has 2 aromatic rings. The zero-order valence-corrected chi connectivity index (χ0v) is 16.6. The van der Waals surface area contributed by atoms with Crippen LogP contribution in [0.4, 0.5) is 5.69 Å². The van der Waals surface area contributed by atoms with Crippen LogP contribution in [0.1, 0.15) is 13.3 Å². The third kappa shape index (κ3) is 6.18. The second kappa shape index (κ2) is 9.48. The van der Waals surface area contributed by atoms with Gasteiger partial charge in [0.1, 0.15) is 11.5 Å². The lowest BCUT2D eigenvalue weighted by Crippen LogP contribution is -2.34. The lowest BCUT2D eigenvalue weighted by Gasteiger charge is -2.16. The van der Waals surface area contributed by atoms with E-state index in [0.29, 0.717) is 29.1 Å². The molecule has 28 heavy (non-hydrogen) atoms. The van der Waals surface area contributed by atoms with E-state index in [1.165, 1.54) is 0 Å². The maximum atomic E-state index is 12.3. The highest BCUT2D eigenvalue weighted by Crippen LogP contribution is 2.25. The first-order chi connectivity index (χ1) is 13.5. The molecule has 1 amide bonds. The summed E-state index contributed by atoms with van der Waals surface area (Å²) in [5, 5.41) is 6.83. The molecule has 0 aliphatic carbocycles. The van der Waals surface area contributed by atoms with E-state index < -0.39 is 0 Å². The van der Waals surface area contributed by atoms with E-state index in [0.717, 1.165) is 30.9 Å². The molecule has 0 aromatic heterocycles. The van der Waals surface area contributed by atoms with E-state index in [1.54, 1.807) is 12.1 Å². The fraction of sp³-hybridized carbons (Fsp3) is 0.286. The normalized spacial score (nSPS) is 17.4. The standard InChI is InChI=1S/C21H25ClN4O2/c1-15(23)12-24-18-9-10-26(13-18)14-21(27)25-17-5-7-19(8-6-17)28-20-4-2-3-16(22)11-20/h2-8,11-12,18,24H,9-10,13-14,23H2,1H3,(H,25,27)/b15-12-. The number of hydrogen-bond acceptors (Lipinski definition) is 5. The largest absolute Gasteiger partial charge is 0.457 e. The average molecular weight is 401 g/mol. The first-order valence-electron chi connectivity index (χ1n) is 9.22. The molecule has 0 radical (unpaired) electrons. The van der Waals surface area contributed by atoms with Crippen molar-refractivity contribution in [2.75, 3.05) is 25.0 Å². The van der Waals surface area contributed by atoms with E-state index in [2.05, 4.69) is 15.5 Å². The highest BCUT2D eigenvalue weighted by Gasteiger charge is 2.23. The van der Waals surface area contributed by atoms with E-state index >= 15 is 0 Å². The summed E-state index contributed by atoms with van der Waals surface area (Å²) in [4.78, 5) is 14.4. The van der Waals surface area contributed by atoms with E-state index in [9.17, 15) is 4.79 Å². The lowest BCUT2D eigenvalue weighted by molar-refractivity contribution is -0.117. The topological polar surface area (TPSA) is 79.6 Å². The molecule has 3 rings (SSSR count). The number of carbonyl (C=O) groups is 1. The van der Waals surface area contributed by atoms with Crippen molar-refractivity contribution in [3.63, 3.8) is 0 Å². The molecule has 2 aromatic carbocycles. The SMILES string of the molecule is C/C(N)=C/NC1CCN(CC(=O)Nc2ccc(Oc3cccc(Cl)c3)cc2)C1. The minimum atomic E-state index is -0.0327. The van der Waals surface area contributed by atoms with E-state index in [1.807, 2.05) is 49.5 Å². The number of amides is 1. The highest BCUT2D eigenvalue weighted by molar-refractivity contribution is 6.30. The molecule has 7 heteroatoms. The van der Waals surface area contributed by atoms with E-state index in [-0.39, 0.29) is 5.91 Å². The van der Waals surface area contributed by atoms with Gasteiger partial charge in [0.15, 0.2) is 0 Å². The van der Waals surface area contributed by atoms with Crippen LogP contribution in [0.5, 0.6) is 11.5 Å². The third-order valence-electron chi connectivity index (χ3n) is 4.36. The number of carbonyl (C=O) groups excluding carboxylic acids is 1. The summed E-state index contributed by atoms with van der Waals surface area (Å²) in [6, 6.07) is 14.8. The van der Waals surface area contributed by atoms with Gasteiger partial charge in [-0.3, -0.25) is 9.69 Å². The van der Waals surface area contributed by atoms with Gasteiger partial charge in [0.25, 0.3) is 0 Å². The van der Waals surface area contributed by atoms with Crippen molar-refractivity contribution in [1.82, 2.24) is 10.2 Å². The van der Waals surface area contributed by atoms with Gasteiger partial charge in [-0.1, -0.05) is 17.7 Å². The number of likely N-dealkylation sites (tertiary alicyclic amines) is 1. The molecule has 1 fully saturated rings. The van der Waals surface area contributed by atoms with Gasteiger partial charge in [-0.05, 0) is 55.8 Å². The molecular formula is C21H25ClN4O2. The van der Waals surface area contributed by atoms with Crippen molar-refractivity contribution in [2.45, 2.75) is 19.4 Å². The number of benzene rings is 2. The maximum Gasteiger partial charge on any atom is 0.238 e. The van der Waals surface area contributed by atoms with Gasteiger partial charge >= 0.3 is 0 Å². The van der Waals surface area contributed by atoms with Gasteiger partial charge in [0.2, 0.25) is 5.91 Å². The molecular weight excluding hydrogens is 376 g/mol. The number of nitrogens with one attached hydrogen (secondary N) is 2. The Bertz CT molecular complexity index is 835. The lowest BCUT2D eigenvalue weighted by atomic mass is 10.3. The van der Waals surface area contributed by atoms with Crippen LogP contribution in [0.3, 0.4) is 0 Å². The Labute approximate surface area is 170 Å². The number of nitrogens with zero attached hydrogens (tertiary/aromatic N) is 1. The number of ether oxygens (including phenoxy) is 1. The minimum Gasteiger partial charge on any atom is -0.457 e. The van der Waals surface area contributed by atoms with Crippen LogP contribution in [-0.4, -0.2) is 36.5 Å². The Hall–Kier alpha value is -2.70. The first-order valence-corrected chi connectivity index (χ1v) is 9.60. The molecule has 4 N–H and O–H groups in total. The second-order valence-corrected chi connectivity index (χ2v) is 7.34. The molecule has 0 bridgehead atoms. The van der Waals surface area contributed by atoms with Crippen molar-refractivity contribution < 1.29 is 9.53 Å². The van der Waals surface area contributed by atoms with Gasteiger partial charge in [-0.15, -0.1) is 0 Å². The molecule has 1 aliphatic heterocycles. The summed E-state index contributed by atoms with van der Waals surface area (Å²) in [6.45, 7) is 3.92. The number of halogens is 1. The van der Waals surface area contributed by atoms with Crippen LogP contribution in [-0.2, 0) is 4.79 Å². The summed E-state index contributed by atoms with van der Waals surface area (Å²) in [5.41, 5.74) is 7.12. The fourth-order valence-electron chi connectivity index (χ4n) is 3.04. The number of anilines is 1. The van der Waals surface area contributed by atoms with Crippen molar-refractivity contribution in [2.24, 2.45) is 5.73 Å². The van der Waals surface area contributed by atoms with Crippen LogP contribution >= 0.6 is 11.6 Å². The zero-order valence-electron chi connectivity index (χ0n) is 15.8. The van der Waals surface area contributed by atoms with Crippen LogP contribution in [0, 0.1) is 0 Å². The Morgan fingerprint density at radius 3 is 2.79 bits per heavy atom. The van der Waals surface area contributed by atoms with Gasteiger partial charge in [0.05, 0.1) is 6.54 Å². The van der Waals surface area contributed by atoms with Gasteiger partial charge in [-0.2, -0.15) is 0 Å².